The van der Waals surface area contributed by atoms with Gasteiger partial charge in [-0.3, -0.25) is 4.79 Å². The molecule has 0 aromatic heterocycles. The second-order valence-corrected chi connectivity index (χ2v) is 8.01. The number of benzene rings is 1. The summed E-state index contributed by atoms with van der Waals surface area (Å²) < 4.78 is 5.64. The lowest BCUT2D eigenvalue weighted by atomic mass is 10.0. The fourth-order valence-corrected chi connectivity index (χ4v) is 3.72. The molecule has 2 heterocycles. The Labute approximate surface area is 149 Å². The van der Waals surface area contributed by atoms with E-state index < -0.39 is 11.6 Å². The first-order chi connectivity index (χ1) is 11.7. The molecule has 25 heavy (non-hydrogen) atoms. The van der Waals surface area contributed by atoms with Crippen LogP contribution in [0.2, 0.25) is 0 Å². The van der Waals surface area contributed by atoms with Crippen molar-refractivity contribution in [2.45, 2.75) is 58.2 Å². The largest absolute Gasteiger partial charge is 0.542 e. The fourth-order valence-electron chi connectivity index (χ4n) is 3.72. The van der Waals surface area contributed by atoms with Crippen LogP contribution in [0.3, 0.4) is 0 Å². The summed E-state index contributed by atoms with van der Waals surface area (Å²) in [6.07, 6.45) is 1.91. The molecule has 1 aromatic carbocycles. The Balaban J connectivity index is 2.03. The zero-order chi connectivity index (χ0) is 18.2. The Morgan fingerprint density at radius 1 is 1.28 bits per heavy atom. The molecule has 1 saturated heterocycles. The smallest absolute Gasteiger partial charge is 0.413 e. The van der Waals surface area contributed by atoms with E-state index in [2.05, 4.69) is 6.07 Å². The Morgan fingerprint density at radius 2 is 1.96 bits per heavy atom. The van der Waals surface area contributed by atoms with Crippen molar-refractivity contribution in [1.82, 2.24) is 5.01 Å². The summed E-state index contributed by atoms with van der Waals surface area (Å²) >= 11 is 0. The van der Waals surface area contributed by atoms with Gasteiger partial charge in [0.05, 0.1) is 12.6 Å². The van der Waals surface area contributed by atoms with E-state index in [0.717, 1.165) is 18.4 Å². The highest BCUT2D eigenvalue weighted by Crippen LogP contribution is 2.32. The van der Waals surface area contributed by atoms with E-state index in [9.17, 15) is 9.59 Å². The Hall–Kier alpha value is -1.92. The van der Waals surface area contributed by atoms with Gasteiger partial charge in [0.15, 0.2) is 0 Å². The summed E-state index contributed by atoms with van der Waals surface area (Å²) in [7, 11) is 0. The van der Waals surface area contributed by atoms with Gasteiger partial charge in [0.25, 0.3) is 5.91 Å². The van der Waals surface area contributed by atoms with Crippen LogP contribution < -0.4 is 5.73 Å². The van der Waals surface area contributed by atoms with Crippen LogP contribution in [0.5, 0.6) is 0 Å². The van der Waals surface area contributed by atoms with Crippen molar-refractivity contribution >= 4 is 12.0 Å². The van der Waals surface area contributed by atoms with Crippen LogP contribution in [0.4, 0.5) is 4.79 Å². The van der Waals surface area contributed by atoms with Gasteiger partial charge >= 0.3 is 6.09 Å². The first-order valence-corrected chi connectivity index (χ1v) is 8.98. The molecule has 1 fully saturated rings. The molecule has 0 aliphatic carbocycles. The Kier molecular flexibility index (Phi) is 4.60. The quantitative estimate of drug-likeness (QED) is 0.792. The normalized spacial score (nSPS) is 27.0. The number of hydrogen-bond donors (Lipinski definition) is 1. The van der Waals surface area contributed by atoms with Crippen LogP contribution in [0.25, 0.3) is 0 Å². The van der Waals surface area contributed by atoms with E-state index >= 15 is 0 Å². The van der Waals surface area contributed by atoms with Gasteiger partial charge in [0.1, 0.15) is 18.7 Å². The maximum absolute atomic E-state index is 13.3. The third kappa shape index (κ3) is 3.41. The minimum Gasteiger partial charge on any atom is -0.413 e. The molecule has 2 N–H and O–H groups in total. The monoisotopic (exact) mass is 346 g/mol. The topological polar surface area (TPSA) is 72.6 Å². The molecule has 1 unspecified atom stereocenters. The summed E-state index contributed by atoms with van der Waals surface area (Å²) in [4.78, 5) is 25.9. The molecule has 0 saturated carbocycles. The molecule has 2 atom stereocenters. The number of rotatable bonds is 1. The predicted octanol–water partition coefficient (Wildman–Crippen LogP) is 2.36. The van der Waals surface area contributed by atoms with Crippen LogP contribution in [-0.2, 0) is 22.5 Å². The maximum atomic E-state index is 13.3. The Morgan fingerprint density at radius 3 is 2.56 bits per heavy atom. The molecule has 1 aromatic rings. The SMILES string of the molecule is CC(C)(C)OC(=O)[N+]1(N2CC[C@H](N)C2=O)CCCc2ccccc2C1. The van der Waals surface area contributed by atoms with E-state index in [1.807, 2.05) is 39.0 Å². The number of aryl methyl sites for hydroxylation is 1. The maximum Gasteiger partial charge on any atom is 0.542 e. The lowest BCUT2D eigenvalue weighted by Gasteiger charge is -2.40. The zero-order valence-electron chi connectivity index (χ0n) is 15.3. The molecule has 0 spiro atoms. The molecular formula is C19H28N3O3+. The van der Waals surface area contributed by atoms with Crippen molar-refractivity contribution in [3.05, 3.63) is 35.4 Å². The minimum absolute atomic E-state index is 0.110. The van der Waals surface area contributed by atoms with E-state index in [1.54, 1.807) is 5.01 Å². The molecule has 0 bridgehead atoms. The van der Waals surface area contributed by atoms with Crippen molar-refractivity contribution in [1.29, 1.82) is 0 Å². The van der Waals surface area contributed by atoms with Crippen molar-refractivity contribution in [2.75, 3.05) is 13.1 Å². The van der Waals surface area contributed by atoms with Crippen molar-refractivity contribution in [3.8, 4) is 0 Å². The summed E-state index contributed by atoms with van der Waals surface area (Å²) in [6, 6.07) is 7.60. The summed E-state index contributed by atoms with van der Waals surface area (Å²) in [5, 5.41) is 1.64. The highest BCUT2D eigenvalue weighted by Gasteiger charge is 2.53. The molecular weight excluding hydrogens is 318 g/mol. The van der Waals surface area contributed by atoms with Crippen LogP contribution >= 0.6 is 0 Å². The number of ether oxygens (including phenoxy) is 1. The van der Waals surface area contributed by atoms with Gasteiger partial charge < -0.3 is 10.5 Å². The van der Waals surface area contributed by atoms with Gasteiger partial charge in [-0.15, -0.1) is 4.59 Å². The second kappa shape index (κ2) is 6.42. The van der Waals surface area contributed by atoms with Gasteiger partial charge in [-0.2, -0.15) is 9.80 Å². The molecule has 0 radical (unpaired) electrons. The number of fused-ring (bicyclic) bond motifs is 1. The highest BCUT2D eigenvalue weighted by atomic mass is 16.6. The number of carbonyl (C=O) groups is 2. The van der Waals surface area contributed by atoms with Gasteiger partial charge in [0, 0.05) is 12.0 Å². The van der Waals surface area contributed by atoms with Gasteiger partial charge in [-0.25, -0.2) is 0 Å². The van der Waals surface area contributed by atoms with Crippen LogP contribution in [-0.4, -0.2) is 46.3 Å². The summed E-state index contributed by atoms with van der Waals surface area (Å²) in [5.74, 6) is -0.162. The van der Waals surface area contributed by atoms with Crippen molar-refractivity contribution in [3.63, 3.8) is 0 Å². The third-order valence-electron chi connectivity index (χ3n) is 4.94. The van der Waals surface area contributed by atoms with E-state index in [4.69, 9.17) is 10.5 Å². The minimum atomic E-state index is -0.612. The number of nitrogens with zero attached hydrogens (tertiary/aromatic N) is 2. The highest BCUT2D eigenvalue weighted by molar-refractivity contribution is 5.83. The van der Waals surface area contributed by atoms with E-state index in [-0.39, 0.29) is 16.6 Å². The van der Waals surface area contributed by atoms with E-state index in [0.29, 0.717) is 26.1 Å². The first-order valence-electron chi connectivity index (χ1n) is 8.98. The zero-order valence-corrected chi connectivity index (χ0v) is 15.3. The van der Waals surface area contributed by atoms with Gasteiger partial charge in [-0.05, 0) is 39.2 Å². The lowest BCUT2D eigenvalue weighted by molar-refractivity contribution is -0.970. The van der Waals surface area contributed by atoms with E-state index in [1.165, 1.54) is 5.56 Å². The van der Waals surface area contributed by atoms with Crippen LogP contribution in [0.1, 0.15) is 44.7 Å². The number of nitrogens with two attached hydrogens (primary N) is 1. The van der Waals surface area contributed by atoms with Crippen LogP contribution in [0.15, 0.2) is 24.3 Å². The van der Waals surface area contributed by atoms with Crippen molar-refractivity contribution < 1.29 is 18.9 Å². The van der Waals surface area contributed by atoms with Gasteiger partial charge in [0.2, 0.25) is 0 Å². The fraction of sp³-hybridized carbons (Fsp3) is 0.579. The molecule has 3 rings (SSSR count). The summed E-state index contributed by atoms with van der Waals surface area (Å²) in [6.45, 7) is 7.02. The standard InChI is InChI=1S/C19H28N3O3/c1-19(2,3)25-18(24)22(21-11-10-16(20)17(21)23)12-6-9-14-7-4-5-8-15(14)13-22/h4-5,7-8,16H,6,9-13,20H2,1-3H3/q+1/t16-,22?/m0/s1. The first kappa shape index (κ1) is 17.9. The second-order valence-electron chi connectivity index (χ2n) is 8.01. The lowest BCUT2D eigenvalue weighted by Crippen LogP contribution is -2.65. The number of hydrogen-bond acceptors (Lipinski definition) is 4. The van der Waals surface area contributed by atoms with Crippen LogP contribution in [0, 0.1) is 0 Å². The number of quaternary nitrogens is 1. The molecule has 2 amide bonds. The molecule has 6 heteroatoms. The Bertz CT molecular complexity index is 683. The average molecular weight is 346 g/mol. The molecule has 2 aliphatic rings. The summed E-state index contributed by atoms with van der Waals surface area (Å²) in [5.41, 5.74) is 7.66. The number of amides is 2. The van der Waals surface area contributed by atoms with Gasteiger partial charge in [-0.1, -0.05) is 24.3 Å². The molecule has 136 valence electrons. The molecule has 6 nitrogen and oxygen atoms in total. The predicted molar refractivity (Wildman–Crippen MR) is 94.1 cm³/mol. The molecule has 2 aliphatic heterocycles. The number of carbonyl (C=O) groups excluding carboxylic acids is 2. The average Bonchev–Trinajstić information content (AvgIpc) is 2.76. The third-order valence-corrected chi connectivity index (χ3v) is 4.94. The van der Waals surface area contributed by atoms with Crippen molar-refractivity contribution in [2.24, 2.45) is 5.73 Å².